The van der Waals surface area contributed by atoms with E-state index < -0.39 is 0 Å². The van der Waals surface area contributed by atoms with Gasteiger partial charge >= 0.3 is 0 Å². The Bertz CT molecular complexity index is 1620. The molecule has 6 aromatic rings. The van der Waals surface area contributed by atoms with Gasteiger partial charge in [0, 0.05) is 22.5 Å². The molecular formula is C28H16N2. The molecule has 2 heterocycles. The van der Waals surface area contributed by atoms with Crippen molar-refractivity contribution in [2.24, 2.45) is 0 Å². The largest absolute Gasteiger partial charge is 0.254 e. The fraction of sp³-hybridized carbons (Fsp3) is 0. The van der Waals surface area contributed by atoms with Crippen LogP contribution in [0, 0.1) is 0 Å². The molecule has 7 rings (SSSR count). The van der Waals surface area contributed by atoms with Crippen LogP contribution < -0.4 is 0 Å². The molecule has 0 saturated heterocycles. The summed E-state index contributed by atoms with van der Waals surface area (Å²) in [7, 11) is 0. The van der Waals surface area contributed by atoms with E-state index in [2.05, 4.69) is 89.9 Å². The lowest BCUT2D eigenvalue weighted by Crippen LogP contribution is -1.90. The summed E-state index contributed by atoms with van der Waals surface area (Å²) in [5.74, 6) is 0. The zero-order valence-electron chi connectivity index (χ0n) is 16.1. The van der Waals surface area contributed by atoms with E-state index in [4.69, 9.17) is 4.98 Å². The Labute approximate surface area is 173 Å². The molecule has 0 spiro atoms. The average molecular weight is 380 g/mol. The van der Waals surface area contributed by atoms with E-state index in [1.165, 1.54) is 38.6 Å². The van der Waals surface area contributed by atoms with Gasteiger partial charge < -0.3 is 0 Å². The van der Waals surface area contributed by atoms with Gasteiger partial charge in [-0.2, -0.15) is 0 Å². The highest BCUT2D eigenvalue weighted by molar-refractivity contribution is 6.18. The molecule has 2 aromatic heterocycles. The third kappa shape index (κ3) is 2.03. The number of pyridine rings is 2. The van der Waals surface area contributed by atoms with Gasteiger partial charge in [0.2, 0.25) is 0 Å². The third-order valence-corrected chi connectivity index (χ3v) is 6.26. The highest BCUT2D eigenvalue weighted by atomic mass is 14.8. The Morgan fingerprint density at radius 1 is 0.467 bits per heavy atom. The molecular weight excluding hydrogens is 364 g/mol. The van der Waals surface area contributed by atoms with Gasteiger partial charge in [-0.05, 0) is 45.2 Å². The Morgan fingerprint density at radius 3 is 2.03 bits per heavy atom. The van der Waals surface area contributed by atoms with Crippen LogP contribution in [0.2, 0.25) is 0 Å². The van der Waals surface area contributed by atoms with Crippen LogP contribution >= 0.6 is 0 Å². The van der Waals surface area contributed by atoms with Gasteiger partial charge in [0.1, 0.15) is 0 Å². The molecule has 0 aliphatic heterocycles. The van der Waals surface area contributed by atoms with E-state index in [1.54, 1.807) is 0 Å². The van der Waals surface area contributed by atoms with E-state index in [0.717, 1.165) is 27.5 Å². The third-order valence-electron chi connectivity index (χ3n) is 6.26. The number of rotatable bonds is 1. The summed E-state index contributed by atoms with van der Waals surface area (Å²) in [6.45, 7) is 0. The van der Waals surface area contributed by atoms with Crippen LogP contribution in [0.25, 0.3) is 66.1 Å². The Kier molecular flexibility index (Phi) is 3.03. The highest BCUT2D eigenvalue weighted by Crippen LogP contribution is 2.48. The molecule has 0 N–H and O–H groups in total. The number of benzene rings is 4. The number of aromatic nitrogens is 2. The van der Waals surface area contributed by atoms with E-state index in [1.807, 2.05) is 12.3 Å². The minimum Gasteiger partial charge on any atom is -0.254 e. The molecule has 2 heteroatoms. The van der Waals surface area contributed by atoms with E-state index in [0.29, 0.717) is 0 Å². The van der Waals surface area contributed by atoms with Gasteiger partial charge in [0.15, 0.2) is 0 Å². The van der Waals surface area contributed by atoms with E-state index in [-0.39, 0.29) is 0 Å². The van der Waals surface area contributed by atoms with E-state index >= 15 is 0 Å². The van der Waals surface area contributed by atoms with Crippen molar-refractivity contribution >= 4 is 32.6 Å². The van der Waals surface area contributed by atoms with Gasteiger partial charge in [-0.15, -0.1) is 0 Å². The first kappa shape index (κ1) is 15.8. The SMILES string of the molecule is c1ccc2c(c1)-c1cccc3c(-c4ccc5ccc6cccnc6c5n4)ccc-2c13. The normalized spacial score (nSPS) is 12.0. The van der Waals surface area contributed by atoms with Crippen molar-refractivity contribution in [3.05, 3.63) is 97.2 Å². The second kappa shape index (κ2) is 5.74. The number of hydrogen-bond acceptors (Lipinski definition) is 2. The van der Waals surface area contributed by atoms with Crippen molar-refractivity contribution < 1.29 is 0 Å². The van der Waals surface area contributed by atoms with Gasteiger partial charge in [0.25, 0.3) is 0 Å². The first-order chi connectivity index (χ1) is 14.9. The van der Waals surface area contributed by atoms with Crippen LogP contribution in [0.5, 0.6) is 0 Å². The lowest BCUT2D eigenvalue weighted by Gasteiger charge is -2.10. The fourth-order valence-corrected chi connectivity index (χ4v) is 4.91. The first-order valence-electron chi connectivity index (χ1n) is 10.2. The molecule has 1 aliphatic rings. The molecule has 0 fully saturated rings. The Balaban J connectivity index is 1.54. The number of fused-ring (bicyclic) bond motifs is 6. The van der Waals surface area contributed by atoms with Gasteiger partial charge in [-0.25, -0.2) is 4.98 Å². The summed E-state index contributed by atoms with van der Waals surface area (Å²) >= 11 is 0. The molecule has 138 valence electrons. The zero-order valence-corrected chi connectivity index (χ0v) is 16.1. The van der Waals surface area contributed by atoms with Gasteiger partial charge in [-0.1, -0.05) is 78.9 Å². The monoisotopic (exact) mass is 380 g/mol. The lowest BCUT2D eigenvalue weighted by molar-refractivity contribution is 1.37. The summed E-state index contributed by atoms with van der Waals surface area (Å²) in [6, 6.07) is 32.3. The predicted molar refractivity (Wildman–Crippen MR) is 124 cm³/mol. The van der Waals surface area contributed by atoms with Crippen LogP contribution in [-0.2, 0) is 0 Å². The molecule has 1 aliphatic carbocycles. The Hall–Kier alpha value is -4.04. The summed E-state index contributed by atoms with van der Waals surface area (Å²) in [6.07, 6.45) is 1.84. The summed E-state index contributed by atoms with van der Waals surface area (Å²) in [5, 5.41) is 4.81. The van der Waals surface area contributed by atoms with Crippen molar-refractivity contribution in [3.63, 3.8) is 0 Å². The maximum atomic E-state index is 5.09. The molecule has 4 aromatic carbocycles. The first-order valence-corrected chi connectivity index (χ1v) is 10.2. The maximum absolute atomic E-state index is 5.09. The fourth-order valence-electron chi connectivity index (χ4n) is 4.91. The molecule has 30 heavy (non-hydrogen) atoms. The summed E-state index contributed by atoms with van der Waals surface area (Å²) < 4.78 is 0. The van der Waals surface area contributed by atoms with Gasteiger partial charge in [-0.3, -0.25) is 4.98 Å². The topological polar surface area (TPSA) is 25.8 Å². The van der Waals surface area contributed by atoms with Crippen LogP contribution in [0.1, 0.15) is 0 Å². The van der Waals surface area contributed by atoms with E-state index in [9.17, 15) is 0 Å². The van der Waals surface area contributed by atoms with Crippen molar-refractivity contribution in [1.29, 1.82) is 0 Å². The second-order valence-corrected chi connectivity index (χ2v) is 7.84. The molecule has 0 atom stereocenters. The summed E-state index contributed by atoms with van der Waals surface area (Å²) in [5.41, 5.74) is 9.32. The molecule has 2 nitrogen and oxygen atoms in total. The quantitative estimate of drug-likeness (QED) is 0.280. The highest BCUT2D eigenvalue weighted by Gasteiger charge is 2.22. The minimum absolute atomic E-state index is 0.954. The van der Waals surface area contributed by atoms with Gasteiger partial charge in [0.05, 0.1) is 16.7 Å². The second-order valence-electron chi connectivity index (χ2n) is 7.84. The summed E-state index contributed by atoms with van der Waals surface area (Å²) in [4.78, 5) is 9.70. The van der Waals surface area contributed by atoms with Crippen molar-refractivity contribution in [1.82, 2.24) is 9.97 Å². The number of nitrogens with zero attached hydrogens (tertiary/aromatic N) is 2. The van der Waals surface area contributed by atoms with Crippen molar-refractivity contribution in [2.75, 3.05) is 0 Å². The van der Waals surface area contributed by atoms with Crippen LogP contribution in [0.4, 0.5) is 0 Å². The minimum atomic E-state index is 0.954. The molecule has 0 bridgehead atoms. The standard InChI is InChI=1S/C28H16N2/c1-2-7-20-19(6-1)22-8-3-9-23-21(13-14-24(20)26(22)23)25-15-12-18-11-10-17-5-4-16-29-27(17)28(18)30-25/h1-16H. The van der Waals surface area contributed by atoms with Crippen LogP contribution in [0.3, 0.4) is 0 Å². The van der Waals surface area contributed by atoms with Crippen molar-refractivity contribution in [3.8, 4) is 33.5 Å². The van der Waals surface area contributed by atoms with Crippen molar-refractivity contribution in [2.45, 2.75) is 0 Å². The Morgan fingerprint density at radius 2 is 1.17 bits per heavy atom. The smallest absolute Gasteiger partial charge is 0.0972 e. The molecule has 0 amide bonds. The molecule has 0 saturated carbocycles. The number of hydrogen-bond donors (Lipinski definition) is 0. The predicted octanol–water partition coefficient (Wildman–Crippen LogP) is 7.25. The van der Waals surface area contributed by atoms with Crippen LogP contribution in [0.15, 0.2) is 97.2 Å². The van der Waals surface area contributed by atoms with Crippen LogP contribution in [-0.4, -0.2) is 9.97 Å². The lowest BCUT2D eigenvalue weighted by atomic mass is 9.96. The average Bonchev–Trinajstić information content (AvgIpc) is 3.15. The molecule has 0 radical (unpaired) electrons. The zero-order chi connectivity index (χ0) is 19.7. The maximum Gasteiger partial charge on any atom is 0.0972 e. The molecule has 0 unspecified atom stereocenters.